The van der Waals surface area contributed by atoms with E-state index < -0.39 is 7.82 Å². The Morgan fingerprint density at radius 3 is 1.16 bits per heavy atom. The summed E-state index contributed by atoms with van der Waals surface area (Å²) in [6.07, 6.45) is 0.563. The highest BCUT2D eigenvalue weighted by Gasteiger charge is 2.09. The molecule has 49 heavy (non-hydrogen) atoms. The average Bonchev–Trinajstić information content (AvgIpc) is 3.09. The van der Waals surface area contributed by atoms with Gasteiger partial charge in [-0.15, -0.1) is 0 Å². The van der Waals surface area contributed by atoms with Crippen molar-refractivity contribution in [3.8, 4) is 0 Å². The van der Waals surface area contributed by atoms with E-state index in [0.717, 1.165) is 0 Å². The minimum Gasteiger partial charge on any atom is -0.745 e. The summed E-state index contributed by atoms with van der Waals surface area (Å²) in [5.74, 6) is 0.902. The average molecular weight is 752 g/mol. The van der Waals surface area contributed by atoms with Gasteiger partial charge >= 0.3 is 7.82 Å². The van der Waals surface area contributed by atoms with E-state index in [0.29, 0.717) is 12.2 Å². The Kier molecular flexibility index (Phi) is 30.8. The maximum absolute atomic E-state index is 11.5. The quantitative estimate of drug-likeness (QED) is 0.0260. The molecule has 0 heterocycles. The number of phosphoric acid groups is 1. The minimum absolute atomic E-state index is 0.196. The van der Waals surface area contributed by atoms with Gasteiger partial charge in [0.15, 0.2) is 0 Å². The molecule has 1 unspecified atom stereocenters. The van der Waals surface area contributed by atoms with Crippen molar-refractivity contribution in [2.24, 2.45) is 178 Å². The summed E-state index contributed by atoms with van der Waals surface area (Å²) >= 11 is 0. The zero-order chi connectivity index (χ0) is 35.6. The molecule has 0 radical (unpaired) electrons. The summed E-state index contributed by atoms with van der Waals surface area (Å²) in [7, 11) is -2.07. The highest BCUT2D eigenvalue weighted by molar-refractivity contribution is 8.76. The summed E-state index contributed by atoms with van der Waals surface area (Å²) < 4.78 is 20.2. The molecule has 0 fully saturated rings. The molecule has 0 aliphatic rings. The molecule has 0 spiro atoms. The fourth-order valence-corrected chi connectivity index (χ4v) is 3.67. The first-order valence-corrected chi connectivity index (χ1v) is 14.7. The van der Waals surface area contributed by atoms with Crippen molar-refractivity contribution in [1.82, 2.24) is 0 Å². The van der Waals surface area contributed by atoms with E-state index >= 15 is 0 Å². The van der Waals surface area contributed by atoms with Crippen LogP contribution in [-0.4, -0.2) is 24.7 Å². The van der Waals surface area contributed by atoms with Crippen molar-refractivity contribution in [3.05, 3.63) is 0 Å². The maximum atomic E-state index is 11.5. The zero-order valence-corrected chi connectivity index (χ0v) is 25.6. The van der Waals surface area contributed by atoms with Crippen LogP contribution in [0.3, 0.4) is 0 Å². The first-order chi connectivity index (χ1) is 24.1. The van der Waals surface area contributed by atoms with E-state index in [2.05, 4.69) is 187 Å². The molecule has 0 aliphatic carbocycles. The summed E-state index contributed by atoms with van der Waals surface area (Å²) in [6, 6.07) is 0. The van der Waals surface area contributed by atoms with Gasteiger partial charge in [-0.25, -0.2) is 0 Å². The number of rotatable bonds is 28. The monoisotopic (exact) mass is 751 g/mol. The normalized spacial score (nSPS) is 15.2. The SMILES string of the molecule is N=N/N=N/N=N/N=N/N=N/N=N/N=N/N=N/N=N\OCCCSSCCOP(=O)([O-])O\N=N/N=N/N=N/N=N/N=N/N=N/N=N/N=N/N=N. The van der Waals surface area contributed by atoms with Crippen molar-refractivity contribution >= 4 is 29.4 Å². The van der Waals surface area contributed by atoms with Crippen LogP contribution in [0.1, 0.15) is 6.42 Å². The smallest absolute Gasteiger partial charge is 0.345 e. The van der Waals surface area contributed by atoms with Gasteiger partial charge in [-0.05, 0) is 90.0 Å². The molecule has 0 bridgehead atoms. The van der Waals surface area contributed by atoms with Gasteiger partial charge in [-0.2, -0.15) is 11.1 Å². The van der Waals surface area contributed by atoms with Crippen LogP contribution in [0.25, 0.3) is 0 Å². The number of hydrogen-bond acceptors (Lipinski definition) is 11. The van der Waals surface area contributed by atoms with Gasteiger partial charge in [0.1, 0.15) is 6.61 Å². The highest BCUT2D eigenvalue weighted by atomic mass is 33.1. The first kappa shape index (κ1) is 42.2. The summed E-state index contributed by atoms with van der Waals surface area (Å²) in [4.78, 5) is 16.3. The molecule has 0 aromatic heterocycles. The molecule has 1 atom stereocenters. The molecule has 0 aromatic carbocycles. The Balaban J connectivity index is 3.83. The minimum atomic E-state index is -4.79. The third-order valence-corrected chi connectivity index (χ3v) is 5.67. The number of hydrogen-bond donors (Lipinski definition) is 2. The van der Waals surface area contributed by atoms with Crippen LogP contribution >= 0.6 is 29.4 Å². The fraction of sp³-hybridized carbons (Fsp3) is 1.00. The summed E-state index contributed by atoms with van der Waals surface area (Å²) in [5, 5.41) is 100. The van der Waals surface area contributed by atoms with Crippen LogP contribution in [-0.2, 0) is 18.6 Å². The molecule has 0 aromatic rings. The van der Waals surface area contributed by atoms with Crippen LogP contribution in [0, 0.1) is 11.1 Å². The van der Waals surface area contributed by atoms with Crippen molar-refractivity contribution in [3.63, 3.8) is 0 Å². The van der Waals surface area contributed by atoms with Crippen molar-refractivity contribution < 1.29 is 23.4 Å². The summed E-state index contributed by atoms with van der Waals surface area (Å²) in [6.45, 7) is -0.0203. The van der Waals surface area contributed by atoms with Gasteiger partial charge in [-0.1, -0.05) is 21.6 Å². The Labute approximate surface area is 273 Å². The van der Waals surface area contributed by atoms with Crippen LogP contribution in [0.5, 0.6) is 0 Å². The first-order valence-electron chi connectivity index (χ1n) is 10.8. The lowest BCUT2D eigenvalue weighted by atomic mass is 10.5. The van der Waals surface area contributed by atoms with Crippen molar-refractivity contribution in [2.45, 2.75) is 6.42 Å². The van der Waals surface area contributed by atoms with Crippen molar-refractivity contribution in [2.75, 3.05) is 24.7 Å². The zero-order valence-electron chi connectivity index (χ0n) is 23.0. The second kappa shape index (κ2) is 35.7. The lowest BCUT2D eigenvalue weighted by Gasteiger charge is -2.17. The molecule has 0 saturated heterocycles. The predicted molar refractivity (Wildman–Crippen MR) is 138 cm³/mol. The number of nitrogens with zero attached hydrogens (tertiary/aromatic N) is 34. The number of nitrogens with one attached hydrogen (secondary N) is 2. The van der Waals surface area contributed by atoms with Gasteiger partial charge < -0.3 is 18.9 Å². The molecule has 260 valence electrons. The number of phosphoric ester groups is 1. The molecule has 0 rings (SSSR count). The van der Waals surface area contributed by atoms with Crippen LogP contribution in [0.2, 0.25) is 0 Å². The van der Waals surface area contributed by atoms with Gasteiger partial charge in [0.25, 0.3) is 0 Å². The van der Waals surface area contributed by atoms with E-state index in [1.807, 2.05) is 0 Å². The van der Waals surface area contributed by atoms with Gasteiger partial charge in [0.2, 0.25) is 0 Å². The summed E-state index contributed by atoms with van der Waals surface area (Å²) in [5.41, 5.74) is 12.5. The van der Waals surface area contributed by atoms with E-state index in [9.17, 15) is 9.46 Å². The van der Waals surface area contributed by atoms with E-state index in [1.54, 1.807) is 0 Å². The van der Waals surface area contributed by atoms with E-state index in [1.165, 1.54) is 21.6 Å². The third-order valence-electron chi connectivity index (χ3n) is 2.44. The second-order valence-corrected chi connectivity index (χ2v) is 9.26. The Morgan fingerprint density at radius 1 is 0.449 bits per heavy atom. The fourth-order valence-electron chi connectivity index (χ4n) is 1.17. The molecule has 0 aliphatic heterocycles. The Morgan fingerprint density at radius 2 is 0.776 bits per heavy atom. The molecular weight excluding hydrogens is 739 g/mol. The Hall–Kier alpha value is -6.75. The van der Waals surface area contributed by atoms with Crippen LogP contribution in [0.15, 0.2) is 178 Å². The lowest BCUT2D eigenvalue weighted by Crippen LogP contribution is -2.07. The van der Waals surface area contributed by atoms with E-state index in [-0.39, 0.29) is 19.0 Å². The van der Waals surface area contributed by atoms with Gasteiger partial charge in [0.05, 0.1) is 11.9 Å². The molecule has 0 saturated carbocycles. The lowest BCUT2D eigenvalue weighted by molar-refractivity contribution is -0.225. The largest absolute Gasteiger partial charge is 0.745 e. The van der Waals surface area contributed by atoms with E-state index in [4.69, 9.17) is 15.9 Å². The maximum Gasteiger partial charge on any atom is 0.345 e. The predicted octanol–water partition coefficient (Wildman–Crippen LogP) is 8.04. The third kappa shape index (κ3) is 37.3. The van der Waals surface area contributed by atoms with Gasteiger partial charge in [-0.3, -0.25) is 4.57 Å². The van der Waals surface area contributed by atoms with Crippen molar-refractivity contribution in [1.29, 1.82) is 11.1 Å². The van der Waals surface area contributed by atoms with Gasteiger partial charge in [0, 0.05) is 100 Å². The second-order valence-electron chi connectivity index (χ2n) is 5.24. The molecule has 41 nitrogen and oxygen atoms in total. The van der Waals surface area contributed by atoms with Crippen LogP contribution in [0.4, 0.5) is 0 Å². The topological polar surface area (TPSA) is 536 Å². The highest BCUT2D eigenvalue weighted by Crippen LogP contribution is 2.39. The molecule has 44 heteroatoms. The van der Waals surface area contributed by atoms with Crippen LogP contribution < -0.4 is 4.89 Å². The Bertz CT molecular complexity index is 1420. The standard InChI is InChI=1S/C5H13N36O5PS2/c6-8-10-12-14-16-18-20-22-24-26-28-30-32-34-36-38-40-44-2-1-4-48-49-5-3-45-47(42,43)46-41-39-37-35-33-31-29-27-25-23-21-19-17-15-13-11-9-7/h6-7H,1-5H2,(H,42,43)/p-1/b8-6?,9-7?,12-10+,13-11+,16-14+,17-15+,20-18+,21-19+,24-22+,25-23+,28-26+,29-27+,32-30+,33-31+,36-34+,37-35+,40-38-,41-39-. The molecule has 0 amide bonds. The molecule has 2 N–H and O–H groups in total. The molecular formula is C5H12N36O5PS2-.